The normalized spacial score (nSPS) is 12.0. The largest absolute Gasteiger partial charge is 0.0647 e. The second-order valence-corrected chi connectivity index (χ2v) is 3.87. The van der Waals surface area contributed by atoms with E-state index in [0.717, 1.165) is 0 Å². The average molecular weight is 115 g/mol. The maximum absolute atomic E-state index is 2.28. The predicted molar refractivity (Wildman–Crippen MR) is 37.4 cm³/mol. The van der Waals surface area contributed by atoms with E-state index in [2.05, 4.69) is 31.0 Å². The molecule has 0 spiro atoms. The van der Waals surface area contributed by atoms with Crippen LogP contribution in [0.15, 0.2) is 0 Å². The van der Waals surface area contributed by atoms with Crippen LogP contribution in [0.25, 0.3) is 0 Å². The standard InChI is InChI=1S/C6H15Si/c1-6(2,3)4-5-7/h4-5,7H2,1-3H3. The summed E-state index contributed by atoms with van der Waals surface area (Å²) < 4.78 is 0. The molecule has 0 bridgehead atoms. The Labute approximate surface area is 49.7 Å². The van der Waals surface area contributed by atoms with Gasteiger partial charge in [0.05, 0.1) is 0 Å². The van der Waals surface area contributed by atoms with Gasteiger partial charge in [-0.25, -0.2) is 0 Å². The summed E-state index contributed by atoms with van der Waals surface area (Å²) in [6, 6.07) is 1.34. The van der Waals surface area contributed by atoms with Crippen LogP contribution in [0.2, 0.25) is 6.04 Å². The Bertz CT molecular complexity index is 42.6. The Morgan fingerprint density at radius 1 is 1.29 bits per heavy atom. The van der Waals surface area contributed by atoms with Crippen LogP contribution in [-0.2, 0) is 0 Å². The van der Waals surface area contributed by atoms with Crippen LogP contribution in [0.5, 0.6) is 0 Å². The monoisotopic (exact) mass is 115 g/mol. The molecule has 0 saturated heterocycles. The van der Waals surface area contributed by atoms with Crippen LogP contribution < -0.4 is 0 Å². The summed E-state index contributed by atoms with van der Waals surface area (Å²) in [5, 5.41) is 0. The van der Waals surface area contributed by atoms with E-state index in [9.17, 15) is 0 Å². The molecular weight excluding hydrogens is 100 g/mol. The smallest absolute Gasteiger partial charge is 0.00799 e. The molecule has 0 N–H and O–H groups in total. The first-order chi connectivity index (χ1) is 3.06. The van der Waals surface area contributed by atoms with E-state index in [1.165, 1.54) is 12.5 Å². The molecule has 0 unspecified atom stereocenters. The van der Waals surface area contributed by atoms with E-state index >= 15 is 0 Å². The highest BCUT2D eigenvalue weighted by Crippen LogP contribution is 2.19. The fourth-order valence-electron chi connectivity index (χ4n) is 0.530. The Morgan fingerprint density at radius 3 is 1.71 bits per heavy atom. The van der Waals surface area contributed by atoms with E-state index in [4.69, 9.17) is 0 Å². The zero-order valence-electron chi connectivity index (χ0n) is 5.62. The van der Waals surface area contributed by atoms with Gasteiger partial charge in [0.1, 0.15) is 0 Å². The molecule has 43 valence electrons. The van der Waals surface area contributed by atoms with E-state index < -0.39 is 0 Å². The van der Waals surface area contributed by atoms with Crippen LogP contribution in [0.1, 0.15) is 27.2 Å². The van der Waals surface area contributed by atoms with Crippen LogP contribution in [0, 0.1) is 5.41 Å². The van der Waals surface area contributed by atoms with Gasteiger partial charge < -0.3 is 0 Å². The Hall–Kier alpha value is 0.217. The van der Waals surface area contributed by atoms with Crippen LogP contribution >= 0.6 is 0 Å². The lowest BCUT2D eigenvalue weighted by atomic mass is 9.94. The average Bonchev–Trinajstić information content (AvgIpc) is 1.30. The second kappa shape index (κ2) is 2.51. The van der Waals surface area contributed by atoms with Crippen molar-refractivity contribution in [3.8, 4) is 0 Å². The lowest BCUT2D eigenvalue weighted by Gasteiger charge is -2.15. The first-order valence-electron chi connectivity index (χ1n) is 2.85. The summed E-state index contributed by atoms with van der Waals surface area (Å²) in [7, 11) is 2.06. The maximum Gasteiger partial charge on any atom is 0.00799 e. The van der Waals surface area contributed by atoms with E-state index in [0.29, 0.717) is 5.41 Å². The molecule has 0 aromatic rings. The summed E-state index contributed by atoms with van der Waals surface area (Å²) in [5.74, 6) is 0. The zero-order chi connectivity index (χ0) is 5.91. The molecular formula is C6H15Si. The second-order valence-electron chi connectivity index (χ2n) is 3.16. The molecule has 0 aliphatic rings. The van der Waals surface area contributed by atoms with E-state index in [1.54, 1.807) is 0 Å². The molecule has 0 heterocycles. The minimum atomic E-state index is 0.557. The summed E-state index contributed by atoms with van der Waals surface area (Å²) >= 11 is 0. The van der Waals surface area contributed by atoms with Gasteiger partial charge in [0.2, 0.25) is 0 Å². The van der Waals surface area contributed by atoms with Crippen molar-refractivity contribution < 1.29 is 0 Å². The van der Waals surface area contributed by atoms with Crippen molar-refractivity contribution in [2.75, 3.05) is 0 Å². The Morgan fingerprint density at radius 2 is 1.71 bits per heavy atom. The van der Waals surface area contributed by atoms with Gasteiger partial charge in [0.25, 0.3) is 0 Å². The van der Waals surface area contributed by atoms with Crippen molar-refractivity contribution in [3.05, 3.63) is 0 Å². The predicted octanol–water partition coefficient (Wildman–Crippen LogP) is 1.47. The van der Waals surface area contributed by atoms with Gasteiger partial charge in [-0.1, -0.05) is 33.2 Å². The molecule has 0 rings (SSSR count). The Balaban J connectivity index is 3.15. The highest BCUT2D eigenvalue weighted by atomic mass is 28.1. The lowest BCUT2D eigenvalue weighted by molar-refractivity contribution is 0.398. The summed E-state index contributed by atoms with van der Waals surface area (Å²) in [6.07, 6.45) is 1.35. The van der Waals surface area contributed by atoms with Gasteiger partial charge in [0, 0.05) is 10.2 Å². The minimum Gasteiger partial charge on any atom is -0.0647 e. The molecule has 0 aromatic heterocycles. The minimum absolute atomic E-state index is 0.557. The molecule has 0 saturated carbocycles. The molecule has 0 fully saturated rings. The molecule has 1 heteroatoms. The van der Waals surface area contributed by atoms with Gasteiger partial charge >= 0.3 is 0 Å². The molecule has 1 radical (unpaired) electrons. The van der Waals surface area contributed by atoms with Gasteiger partial charge in [0.15, 0.2) is 0 Å². The molecule has 0 atom stereocenters. The SMILES string of the molecule is CC(C)(C)CC[SiH2]. The highest BCUT2D eigenvalue weighted by molar-refractivity contribution is 6.08. The van der Waals surface area contributed by atoms with Crippen LogP contribution in [-0.4, -0.2) is 10.2 Å². The van der Waals surface area contributed by atoms with Gasteiger partial charge in [-0.15, -0.1) is 0 Å². The summed E-state index contributed by atoms with van der Waals surface area (Å²) in [5.41, 5.74) is 0.557. The first kappa shape index (κ1) is 7.22. The van der Waals surface area contributed by atoms with Crippen molar-refractivity contribution in [2.45, 2.75) is 33.2 Å². The third kappa shape index (κ3) is 6.22. The molecule has 7 heavy (non-hydrogen) atoms. The molecule has 0 aliphatic carbocycles. The van der Waals surface area contributed by atoms with Gasteiger partial charge in [-0.2, -0.15) is 0 Å². The number of rotatable bonds is 1. The third-order valence-electron chi connectivity index (χ3n) is 0.927. The first-order valence-corrected chi connectivity index (χ1v) is 3.85. The van der Waals surface area contributed by atoms with Crippen LogP contribution in [0.4, 0.5) is 0 Å². The van der Waals surface area contributed by atoms with Crippen molar-refractivity contribution >= 4 is 10.2 Å². The van der Waals surface area contributed by atoms with Gasteiger partial charge in [-0.05, 0) is 5.41 Å². The molecule has 0 amide bonds. The summed E-state index contributed by atoms with van der Waals surface area (Å²) in [6.45, 7) is 6.84. The van der Waals surface area contributed by atoms with E-state index in [1.807, 2.05) is 0 Å². The number of hydrogen-bond donors (Lipinski definition) is 0. The topological polar surface area (TPSA) is 0 Å². The van der Waals surface area contributed by atoms with Crippen molar-refractivity contribution in [1.29, 1.82) is 0 Å². The summed E-state index contributed by atoms with van der Waals surface area (Å²) in [4.78, 5) is 0. The lowest BCUT2D eigenvalue weighted by Crippen LogP contribution is -2.02. The van der Waals surface area contributed by atoms with Crippen LogP contribution in [0.3, 0.4) is 0 Å². The van der Waals surface area contributed by atoms with Crippen molar-refractivity contribution in [1.82, 2.24) is 0 Å². The Kier molecular flexibility index (Phi) is 2.58. The quantitative estimate of drug-likeness (QED) is 0.454. The number of hydrogen-bond acceptors (Lipinski definition) is 0. The van der Waals surface area contributed by atoms with Crippen molar-refractivity contribution in [3.63, 3.8) is 0 Å². The molecule has 0 aromatic carbocycles. The fourth-order valence-corrected chi connectivity index (χ4v) is 1.59. The zero-order valence-corrected chi connectivity index (χ0v) is 7.04. The molecule has 0 aliphatic heterocycles. The van der Waals surface area contributed by atoms with Crippen molar-refractivity contribution in [2.24, 2.45) is 5.41 Å². The third-order valence-corrected chi connectivity index (χ3v) is 1.28. The maximum atomic E-state index is 2.28. The molecule has 0 nitrogen and oxygen atoms in total. The van der Waals surface area contributed by atoms with E-state index in [-0.39, 0.29) is 0 Å². The fraction of sp³-hybridized carbons (Fsp3) is 1.00. The van der Waals surface area contributed by atoms with Gasteiger partial charge in [-0.3, -0.25) is 0 Å². The highest BCUT2D eigenvalue weighted by Gasteiger charge is 2.06.